The first-order chi connectivity index (χ1) is 20.5. The second-order valence-electron chi connectivity index (χ2n) is 16.0. The maximum absolute atomic E-state index is 12.3. The van der Waals surface area contributed by atoms with E-state index in [4.69, 9.17) is 16.2 Å². The third-order valence-electron chi connectivity index (χ3n) is 13.1. The third-order valence-corrected chi connectivity index (χ3v) is 13.1. The summed E-state index contributed by atoms with van der Waals surface area (Å²) in [6.07, 6.45) is 14.3. The molecular weight excluding hydrogens is 536 g/mol. The van der Waals surface area contributed by atoms with E-state index in [9.17, 15) is 9.90 Å². The Morgan fingerprint density at radius 3 is 2.26 bits per heavy atom. The summed E-state index contributed by atoms with van der Waals surface area (Å²) in [6.45, 7) is 17.2. The number of hydrogen-bond acceptors (Lipinski definition) is 7. The van der Waals surface area contributed by atoms with Gasteiger partial charge in [-0.2, -0.15) is 0 Å². The fourth-order valence-electron chi connectivity index (χ4n) is 10.8. The number of fused-ring (bicyclic) bond motifs is 5. The minimum Gasteiger partial charge on any atom is -0.463 e. The molecule has 4 saturated carbocycles. The number of nitrogens with two attached hydrogens (primary N) is 2. The molecule has 4 unspecified atom stereocenters. The number of esters is 1. The van der Waals surface area contributed by atoms with Crippen LogP contribution in [0.15, 0.2) is 0 Å². The molecule has 4 aliphatic carbocycles. The van der Waals surface area contributed by atoms with E-state index in [2.05, 4.69) is 31.0 Å². The maximum Gasteiger partial charge on any atom is 0.306 e. The van der Waals surface area contributed by atoms with Crippen LogP contribution in [0.2, 0.25) is 0 Å². The van der Waals surface area contributed by atoms with Crippen LogP contribution in [0.3, 0.4) is 0 Å². The first-order valence-electron chi connectivity index (χ1n) is 18.3. The molecule has 0 saturated heterocycles. The Labute approximate surface area is 264 Å². The third kappa shape index (κ3) is 8.17. The lowest BCUT2D eigenvalue weighted by Crippen LogP contribution is -2.59. The van der Waals surface area contributed by atoms with Crippen molar-refractivity contribution in [1.82, 2.24) is 10.2 Å². The monoisotopic (exact) mass is 605 g/mol. The summed E-state index contributed by atoms with van der Waals surface area (Å²) in [7, 11) is 0. The Kier molecular flexibility index (Phi) is 12.8. The van der Waals surface area contributed by atoms with Gasteiger partial charge in [-0.1, -0.05) is 20.8 Å². The molecule has 0 aromatic carbocycles. The van der Waals surface area contributed by atoms with Gasteiger partial charge in [0.15, 0.2) is 0 Å². The minimum absolute atomic E-state index is 0.0376. The molecule has 0 bridgehead atoms. The van der Waals surface area contributed by atoms with Gasteiger partial charge in [-0.3, -0.25) is 4.79 Å². The number of nitrogens with zero attached hydrogens (tertiary/aromatic N) is 1. The zero-order chi connectivity index (χ0) is 31.2. The molecule has 7 nitrogen and oxygen atoms in total. The van der Waals surface area contributed by atoms with Crippen LogP contribution in [0.25, 0.3) is 0 Å². The zero-order valence-corrected chi connectivity index (χ0v) is 28.5. The van der Waals surface area contributed by atoms with E-state index < -0.39 is 0 Å². The second-order valence-corrected chi connectivity index (χ2v) is 16.0. The molecule has 0 radical (unpaired) electrons. The van der Waals surface area contributed by atoms with Gasteiger partial charge in [0.1, 0.15) is 0 Å². The van der Waals surface area contributed by atoms with Crippen molar-refractivity contribution in [3.63, 3.8) is 0 Å². The van der Waals surface area contributed by atoms with Gasteiger partial charge in [0, 0.05) is 12.5 Å². The van der Waals surface area contributed by atoms with Crippen LogP contribution >= 0.6 is 0 Å². The van der Waals surface area contributed by atoms with Crippen LogP contribution in [0, 0.1) is 46.3 Å². The highest BCUT2D eigenvalue weighted by Crippen LogP contribution is 2.68. The molecule has 7 heteroatoms. The Morgan fingerprint density at radius 2 is 1.58 bits per heavy atom. The fourth-order valence-corrected chi connectivity index (χ4v) is 10.8. The van der Waals surface area contributed by atoms with Crippen molar-refractivity contribution in [1.29, 1.82) is 0 Å². The van der Waals surface area contributed by atoms with Gasteiger partial charge in [-0.05, 0) is 177 Å². The molecule has 0 aliphatic heterocycles. The van der Waals surface area contributed by atoms with Crippen LogP contribution in [0.5, 0.6) is 0 Å². The van der Waals surface area contributed by atoms with E-state index >= 15 is 0 Å². The molecule has 0 amide bonds. The first-order valence-corrected chi connectivity index (χ1v) is 18.3. The number of carbonyl (C=O) groups is 1. The van der Waals surface area contributed by atoms with Crippen molar-refractivity contribution in [2.24, 2.45) is 57.8 Å². The van der Waals surface area contributed by atoms with Gasteiger partial charge >= 0.3 is 5.97 Å². The van der Waals surface area contributed by atoms with Crippen molar-refractivity contribution >= 4 is 5.97 Å². The van der Waals surface area contributed by atoms with Gasteiger partial charge < -0.3 is 31.5 Å². The molecule has 250 valence electrons. The normalized spacial score (nSPS) is 38.0. The lowest BCUT2D eigenvalue weighted by atomic mass is 9.43. The summed E-state index contributed by atoms with van der Waals surface area (Å²) in [4.78, 5) is 14.8. The summed E-state index contributed by atoms with van der Waals surface area (Å²) in [5.74, 6) is 3.44. The predicted octanol–water partition coefficient (Wildman–Crippen LogP) is 5.33. The number of nitrogens with one attached hydrogen (secondary N) is 1. The van der Waals surface area contributed by atoms with Crippen LogP contribution in [0.4, 0.5) is 0 Å². The van der Waals surface area contributed by atoms with Gasteiger partial charge in [0.2, 0.25) is 0 Å². The second kappa shape index (κ2) is 15.7. The highest BCUT2D eigenvalue weighted by Gasteiger charge is 2.62. The highest BCUT2D eigenvalue weighted by molar-refractivity contribution is 5.69. The standard InChI is InChI=1S/C36H68N4O3/c1-25(2)43-33(42)12-9-26(3)29-10-11-30-34-31(14-16-36(29,30)5)35(4)15-13-28(23-27(35)24-32(34)41)39-19-8-22-40(20-6-17-37)21-7-18-38/h25-32,34,39,41H,6-24,37-38H2,1-5H3/t26-,27?,28+,29-,30?,31?,32-,34?,35+,36-/m1/s1. The SMILES string of the molecule is CC(C)OC(=O)CC[C@@H](C)[C@H]1CCC2C3C(CC[C@@]21C)[C@@]1(C)CC[C@H](NCCCN(CCCN)CCCN)CC1C[C@H]3O. The van der Waals surface area contributed by atoms with E-state index in [1.165, 1.54) is 51.4 Å². The summed E-state index contributed by atoms with van der Waals surface area (Å²) >= 11 is 0. The van der Waals surface area contributed by atoms with Crippen molar-refractivity contribution < 1.29 is 14.6 Å². The van der Waals surface area contributed by atoms with E-state index in [1.807, 2.05) is 13.8 Å². The van der Waals surface area contributed by atoms with E-state index in [-0.39, 0.29) is 23.6 Å². The molecule has 0 spiro atoms. The highest BCUT2D eigenvalue weighted by atomic mass is 16.5. The van der Waals surface area contributed by atoms with Crippen molar-refractivity contribution in [2.75, 3.05) is 39.3 Å². The quantitative estimate of drug-likeness (QED) is 0.139. The molecule has 6 N–H and O–H groups in total. The van der Waals surface area contributed by atoms with Crippen molar-refractivity contribution in [2.45, 2.75) is 136 Å². The van der Waals surface area contributed by atoms with Gasteiger partial charge in [0.05, 0.1) is 12.2 Å². The van der Waals surface area contributed by atoms with Gasteiger partial charge in [-0.15, -0.1) is 0 Å². The Hall–Kier alpha value is -0.730. The molecule has 0 aromatic heterocycles. The Morgan fingerprint density at radius 1 is 0.930 bits per heavy atom. The summed E-state index contributed by atoms with van der Waals surface area (Å²) in [5.41, 5.74) is 12.2. The maximum atomic E-state index is 12.3. The number of hydrogen-bond donors (Lipinski definition) is 4. The van der Waals surface area contributed by atoms with Crippen LogP contribution in [0.1, 0.15) is 118 Å². The fraction of sp³-hybridized carbons (Fsp3) is 0.972. The smallest absolute Gasteiger partial charge is 0.306 e. The number of ether oxygens (including phenoxy) is 1. The Bertz CT molecular complexity index is 863. The number of rotatable bonds is 16. The lowest BCUT2D eigenvalue weighted by molar-refractivity contribution is -0.167. The number of carbonyl (C=O) groups excluding carboxylic acids is 1. The molecule has 4 rings (SSSR count). The molecule has 4 fully saturated rings. The molecule has 10 atom stereocenters. The van der Waals surface area contributed by atoms with E-state index in [1.54, 1.807) is 0 Å². The average molecular weight is 605 g/mol. The van der Waals surface area contributed by atoms with Gasteiger partial charge in [0.25, 0.3) is 0 Å². The van der Waals surface area contributed by atoms with Crippen molar-refractivity contribution in [3.05, 3.63) is 0 Å². The molecule has 0 aromatic rings. The van der Waals surface area contributed by atoms with Crippen LogP contribution < -0.4 is 16.8 Å². The molecule has 43 heavy (non-hydrogen) atoms. The largest absolute Gasteiger partial charge is 0.463 e. The molecule has 4 aliphatic rings. The van der Waals surface area contributed by atoms with E-state index in [0.717, 1.165) is 65.0 Å². The van der Waals surface area contributed by atoms with Crippen LogP contribution in [-0.2, 0) is 9.53 Å². The zero-order valence-electron chi connectivity index (χ0n) is 28.5. The van der Waals surface area contributed by atoms with Gasteiger partial charge in [-0.25, -0.2) is 0 Å². The topological polar surface area (TPSA) is 114 Å². The lowest BCUT2D eigenvalue weighted by Gasteiger charge is -2.62. The minimum atomic E-state index is -0.167. The van der Waals surface area contributed by atoms with E-state index in [0.29, 0.717) is 53.4 Å². The van der Waals surface area contributed by atoms with Crippen molar-refractivity contribution in [3.8, 4) is 0 Å². The summed E-state index contributed by atoms with van der Waals surface area (Å²) in [5, 5.41) is 15.7. The Balaban J connectivity index is 1.30. The first kappa shape index (κ1) is 35.1. The average Bonchev–Trinajstić information content (AvgIpc) is 3.32. The summed E-state index contributed by atoms with van der Waals surface area (Å²) in [6, 6.07) is 0.580. The number of aliphatic hydroxyl groups excluding tert-OH is 1. The molecule has 0 heterocycles. The van der Waals surface area contributed by atoms with Crippen LogP contribution in [-0.4, -0.2) is 73.5 Å². The summed E-state index contributed by atoms with van der Waals surface area (Å²) < 4.78 is 5.42. The number of aliphatic hydroxyl groups is 1. The molecular formula is C36H68N4O3. The predicted molar refractivity (Wildman–Crippen MR) is 176 cm³/mol.